The number of aliphatic hydroxyl groups is 1. The number of hydrogen-bond donors (Lipinski definition) is 3. The molecule has 0 spiro atoms. The van der Waals surface area contributed by atoms with Crippen LogP contribution in [0.2, 0.25) is 0 Å². The van der Waals surface area contributed by atoms with E-state index in [9.17, 15) is 5.11 Å². The molecule has 0 radical (unpaired) electrons. The number of ether oxygens (including phenoxy) is 1. The van der Waals surface area contributed by atoms with E-state index in [0.29, 0.717) is 11.6 Å². The number of anilines is 2. The average molecular weight is 278 g/mol. The summed E-state index contributed by atoms with van der Waals surface area (Å²) in [6.45, 7) is 4.88. The zero-order valence-electron chi connectivity index (χ0n) is 12.4. The van der Waals surface area contributed by atoms with Crippen LogP contribution in [-0.4, -0.2) is 23.9 Å². The van der Waals surface area contributed by atoms with Gasteiger partial charge in [-0.2, -0.15) is 0 Å². The molecule has 1 aromatic rings. The van der Waals surface area contributed by atoms with Gasteiger partial charge in [0, 0.05) is 30.1 Å². The van der Waals surface area contributed by atoms with E-state index in [1.54, 1.807) is 0 Å². The molecule has 2 rings (SSSR count). The molecule has 0 aliphatic heterocycles. The van der Waals surface area contributed by atoms with E-state index in [2.05, 4.69) is 5.32 Å². The van der Waals surface area contributed by atoms with Crippen molar-refractivity contribution in [1.29, 1.82) is 0 Å². The lowest BCUT2D eigenvalue weighted by molar-refractivity contribution is 0.105. The summed E-state index contributed by atoms with van der Waals surface area (Å²) in [5, 5.41) is 13.1. The Kier molecular flexibility index (Phi) is 5.12. The molecular weight excluding hydrogens is 252 g/mol. The summed E-state index contributed by atoms with van der Waals surface area (Å²) in [7, 11) is 0. The van der Waals surface area contributed by atoms with Gasteiger partial charge in [-0.25, -0.2) is 0 Å². The van der Waals surface area contributed by atoms with Crippen molar-refractivity contribution in [1.82, 2.24) is 0 Å². The van der Waals surface area contributed by atoms with Crippen molar-refractivity contribution in [3.63, 3.8) is 0 Å². The third kappa shape index (κ3) is 4.60. The van der Waals surface area contributed by atoms with Crippen LogP contribution in [0.25, 0.3) is 0 Å². The first-order valence-corrected chi connectivity index (χ1v) is 7.52. The molecule has 0 bridgehead atoms. The molecule has 1 aromatic carbocycles. The molecule has 20 heavy (non-hydrogen) atoms. The fourth-order valence-corrected chi connectivity index (χ4v) is 2.77. The number of nitrogens with one attached hydrogen (secondary N) is 1. The van der Waals surface area contributed by atoms with Gasteiger partial charge in [0.2, 0.25) is 0 Å². The predicted octanol–water partition coefficient (Wildman–Crippen LogP) is 3.02. The summed E-state index contributed by atoms with van der Waals surface area (Å²) in [6, 6.07) is 5.75. The van der Waals surface area contributed by atoms with Gasteiger partial charge in [-0.1, -0.05) is 6.42 Å². The smallest absolute Gasteiger partial charge is 0.123 e. The van der Waals surface area contributed by atoms with Gasteiger partial charge in [0.1, 0.15) is 5.75 Å². The zero-order chi connectivity index (χ0) is 14.5. The SMILES string of the molecule is CC(C)Oc1cc(N)cc(NCC2CCCC(O)C2)c1. The van der Waals surface area contributed by atoms with Crippen LogP contribution < -0.4 is 15.8 Å². The summed E-state index contributed by atoms with van der Waals surface area (Å²) in [4.78, 5) is 0. The lowest BCUT2D eigenvalue weighted by atomic mass is 9.87. The topological polar surface area (TPSA) is 67.5 Å². The third-order valence-electron chi connectivity index (χ3n) is 3.65. The largest absolute Gasteiger partial charge is 0.491 e. The summed E-state index contributed by atoms with van der Waals surface area (Å²) >= 11 is 0. The van der Waals surface area contributed by atoms with Crippen LogP contribution in [0.15, 0.2) is 18.2 Å². The fourth-order valence-electron chi connectivity index (χ4n) is 2.77. The molecule has 112 valence electrons. The molecule has 1 fully saturated rings. The van der Waals surface area contributed by atoms with Gasteiger partial charge in [-0.15, -0.1) is 0 Å². The van der Waals surface area contributed by atoms with Crippen molar-refractivity contribution in [3.05, 3.63) is 18.2 Å². The minimum atomic E-state index is -0.128. The molecule has 0 heterocycles. The maximum absolute atomic E-state index is 9.70. The molecule has 0 saturated heterocycles. The summed E-state index contributed by atoms with van der Waals surface area (Å²) in [5.41, 5.74) is 7.60. The van der Waals surface area contributed by atoms with Crippen LogP contribution in [0.4, 0.5) is 11.4 Å². The Morgan fingerprint density at radius 1 is 1.35 bits per heavy atom. The van der Waals surface area contributed by atoms with Crippen molar-refractivity contribution in [2.75, 3.05) is 17.6 Å². The maximum atomic E-state index is 9.70. The first kappa shape index (κ1) is 15.0. The molecule has 1 aliphatic rings. The van der Waals surface area contributed by atoms with Crippen molar-refractivity contribution in [2.45, 2.75) is 51.7 Å². The minimum absolute atomic E-state index is 0.128. The molecule has 4 heteroatoms. The van der Waals surface area contributed by atoms with Crippen LogP contribution >= 0.6 is 0 Å². The highest BCUT2D eigenvalue weighted by atomic mass is 16.5. The minimum Gasteiger partial charge on any atom is -0.491 e. The molecule has 4 N–H and O–H groups in total. The van der Waals surface area contributed by atoms with E-state index < -0.39 is 0 Å². The Balaban J connectivity index is 1.93. The Labute approximate surface area is 121 Å². The molecule has 2 unspecified atom stereocenters. The monoisotopic (exact) mass is 278 g/mol. The van der Waals surface area contributed by atoms with Crippen LogP contribution in [0.1, 0.15) is 39.5 Å². The molecule has 2 atom stereocenters. The van der Waals surface area contributed by atoms with Gasteiger partial charge < -0.3 is 20.9 Å². The highest BCUT2D eigenvalue weighted by Crippen LogP contribution is 2.27. The second kappa shape index (κ2) is 6.84. The second-order valence-corrected chi connectivity index (χ2v) is 6.02. The summed E-state index contributed by atoms with van der Waals surface area (Å²) in [6.07, 6.45) is 4.15. The van der Waals surface area contributed by atoms with Crippen molar-refractivity contribution in [3.8, 4) is 5.75 Å². The fraction of sp³-hybridized carbons (Fsp3) is 0.625. The number of nitrogen functional groups attached to an aromatic ring is 1. The Bertz CT molecular complexity index is 434. The third-order valence-corrected chi connectivity index (χ3v) is 3.65. The predicted molar refractivity (Wildman–Crippen MR) is 83.1 cm³/mol. The van der Waals surface area contributed by atoms with E-state index in [1.165, 1.54) is 6.42 Å². The Morgan fingerprint density at radius 2 is 2.15 bits per heavy atom. The zero-order valence-corrected chi connectivity index (χ0v) is 12.4. The molecule has 0 amide bonds. The molecule has 1 saturated carbocycles. The van der Waals surface area contributed by atoms with E-state index >= 15 is 0 Å². The molecule has 1 aliphatic carbocycles. The van der Waals surface area contributed by atoms with Gasteiger partial charge in [0.05, 0.1) is 12.2 Å². The van der Waals surface area contributed by atoms with Crippen LogP contribution in [0.3, 0.4) is 0 Å². The van der Waals surface area contributed by atoms with Crippen molar-refractivity contribution < 1.29 is 9.84 Å². The molecule has 0 aromatic heterocycles. The van der Waals surface area contributed by atoms with Gasteiger partial charge in [-0.3, -0.25) is 0 Å². The number of aliphatic hydroxyl groups excluding tert-OH is 1. The van der Waals surface area contributed by atoms with Crippen LogP contribution in [-0.2, 0) is 0 Å². The van der Waals surface area contributed by atoms with Gasteiger partial charge in [0.15, 0.2) is 0 Å². The first-order valence-electron chi connectivity index (χ1n) is 7.52. The highest BCUT2D eigenvalue weighted by Gasteiger charge is 2.19. The van der Waals surface area contributed by atoms with E-state index in [0.717, 1.165) is 37.2 Å². The summed E-state index contributed by atoms with van der Waals surface area (Å²) < 4.78 is 5.68. The van der Waals surface area contributed by atoms with Crippen molar-refractivity contribution in [2.24, 2.45) is 5.92 Å². The van der Waals surface area contributed by atoms with E-state index in [4.69, 9.17) is 10.5 Å². The highest BCUT2D eigenvalue weighted by molar-refractivity contribution is 5.59. The van der Waals surface area contributed by atoms with E-state index in [-0.39, 0.29) is 12.2 Å². The first-order chi connectivity index (χ1) is 9.52. The van der Waals surface area contributed by atoms with Crippen molar-refractivity contribution >= 4 is 11.4 Å². The van der Waals surface area contributed by atoms with Gasteiger partial charge in [-0.05, 0) is 45.1 Å². The second-order valence-electron chi connectivity index (χ2n) is 6.02. The Morgan fingerprint density at radius 3 is 2.85 bits per heavy atom. The maximum Gasteiger partial charge on any atom is 0.123 e. The number of rotatable bonds is 5. The molecular formula is C16H26N2O2. The quantitative estimate of drug-likeness (QED) is 0.724. The average Bonchev–Trinajstić information content (AvgIpc) is 2.35. The number of hydrogen-bond acceptors (Lipinski definition) is 4. The Hall–Kier alpha value is -1.42. The number of nitrogens with two attached hydrogens (primary N) is 1. The van der Waals surface area contributed by atoms with Crippen LogP contribution in [0, 0.1) is 5.92 Å². The van der Waals surface area contributed by atoms with E-state index in [1.807, 2.05) is 32.0 Å². The number of benzene rings is 1. The van der Waals surface area contributed by atoms with Gasteiger partial charge >= 0.3 is 0 Å². The lowest BCUT2D eigenvalue weighted by Crippen LogP contribution is -2.25. The standard InChI is InChI=1S/C16H26N2O2/c1-11(2)20-16-8-13(17)7-14(9-16)18-10-12-4-3-5-15(19)6-12/h7-9,11-12,15,18-19H,3-6,10,17H2,1-2H3. The molecule has 4 nitrogen and oxygen atoms in total. The summed E-state index contributed by atoms with van der Waals surface area (Å²) in [5.74, 6) is 1.33. The van der Waals surface area contributed by atoms with Crippen LogP contribution in [0.5, 0.6) is 5.75 Å². The van der Waals surface area contributed by atoms with Gasteiger partial charge in [0.25, 0.3) is 0 Å². The normalized spacial score (nSPS) is 22.8. The lowest BCUT2D eigenvalue weighted by Gasteiger charge is -2.26.